The molecule has 2 aromatic rings. The number of hydrogen-bond acceptors (Lipinski definition) is 4. The Bertz CT molecular complexity index is 900. The number of hydrogen-bond donors (Lipinski definition) is 0. The lowest BCUT2D eigenvalue weighted by molar-refractivity contribution is -0.124. The van der Waals surface area contributed by atoms with Crippen LogP contribution in [-0.4, -0.2) is 31.5 Å². The van der Waals surface area contributed by atoms with Gasteiger partial charge >= 0.3 is 0 Å². The fourth-order valence-corrected chi connectivity index (χ4v) is 3.48. The van der Waals surface area contributed by atoms with Crippen molar-refractivity contribution >= 4 is 23.2 Å². The molecule has 1 saturated heterocycles. The van der Waals surface area contributed by atoms with Gasteiger partial charge in [0.2, 0.25) is 11.8 Å². The molecule has 0 spiro atoms. The van der Waals surface area contributed by atoms with Crippen LogP contribution in [0.15, 0.2) is 48.5 Å². The minimum Gasteiger partial charge on any atom is -0.494 e. The van der Waals surface area contributed by atoms with Gasteiger partial charge < -0.3 is 14.5 Å². The van der Waals surface area contributed by atoms with Crippen molar-refractivity contribution in [3.05, 3.63) is 54.1 Å². The van der Waals surface area contributed by atoms with E-state index in [4.69, 9.17) is 10.00 Å². The van der Waals surface area contributed by atoms with Gasteiger partial charge in [0.15, 0.2) is 0 Å². The topological polar surface area (TPSA) is 73.6 Å². The summed E-state index contributed by atoms with van der Waals surface area (Å²) in [5, 5.41) is 9.01. The number of amides is 2. The second-order valence-electron chi connectivity index (χ2n) is 7.07. The first-order valence-corrected chi connectivity index (χ1v) is 9.81. The highest BCUT2D eigenvalue weighted by atomic mass is 16.5. The molecule has 6 nitrogen and oxygen atoms in total. The fourth-order valence-electron chi connectivity index (χ4n) is 3.48. The monoisotopic (exact) mass is 391 g/mol. The van der Waals surface area contributed by atoms with Gasteiger partial charge in [-0.05, 0) is 50.2 Å². The number of rotatable bonds is 7. The highest BCUT2D eigenvalue weighted by Crippen LogP contribution is 2.29. The van der Waals surface area contributed by atoms with E-state index < -0.39 is 5.92 Å². The zero-order valence-corrected chi connectivity index (χ0v) is 16.8. The minimum atomic E-state index is -0.436. The highest BCUT2D eigenvalue weighted by molar-refractivity contribution is 6.04. The molecule has 0 aliphatic carbocycles. The molecular weight excluding hydrogens is 366 g/mol. The molecule has 1 atom stereocenters. The third kappa shape index (κ3) is 4.75. The average molecular weight is 391 g/mol. The molecule has 150 valence electrons. The van der Waals surface area contributed by atoms with Crippen LogP contribution < -0.4 is 14.5 Å². The molecule has 1 aliphatic heterocycles. The Hall–Kier alpha value is -3.33. The van der Waals surface area contributed by atoms with Crippen molar-refractivity contribution in [2.75, 3.05) is 29.5 Å². The molecule has 1 heterocycles. The lowest BCUT2D eigenvalue weighted by Crippen LogP contribution is -2.38. The van der Waals surface area contributed by atoms with Crippen molar-refractivity contribution in [3.63, 3.8) is 0 Å². The van der Waals surface area contributed by atoms with Crippen molar-refractivity contribution in [1.82, 2.24) is 0 Å². The predicted octanol–water partition coefficient (Wildman–Crippen LogP) is 3.69. The third-order valence-electron chi connectivity index (χ3n) is 4.99. The first kappa shape index (κ1) is 20.4. The number of carbonyl (C=O) groups is 2. The summed E-state index contributed by atoms with van der Waals surface area (Å²) in [5.74, 6) is 0.103. The molecule has 2 aromatic carbocycles. The lowest BCUT2D eigenvalue weighted by atomic mass is 10.1. The van der Waals surface area contributed by atoms with Gasteiger partial charge in [-0.2, -0.15) is 5.26 Å². The number of nitriles is 1. The van der Waals surface area contributed by atoms with E-state index in [9.17, 15) is 9.59 Å². The molecular formula is C23H25N3O3. The Morgan fingerprint density at radius 3 is 2.52 bits per heavy atom. The zero-order chi connectivity index (χ0) is 20.8. The van der Waals surface area contributed by atoms with Gasteiger partial charge in [-0.3, -0.25) is 9.59 Å². The molecule has 6 heteroatoms. The lowest BCUT2D eigenvalue weighted by Gasteiger charge is -2.25. The number of nitrogens with zero attached hydrogens (tertiary/aromatic N) is 3. The van der Waals surface area contributed by atoms with Crippen molar-refractivity contribution in [2.45, 2.75) is 26.7 Å². The number of carbonyl (C=O) groups excluding carboxylic acids is 2. The van der Waals surface area contributed by atoms with Crippen LogP contribution in [0.3, 0.4) is 0 Å². The van der Waals surface area contributed by atoms with Crippen LogP contribution in [0.25, 0.3) is 0 Å². The molecule has 1 unspecified atom stereocenters. The Morgan fingerprint density at radius 1 is 1.21 bits per heavy atom. The summed E-state index contributed by atoms with van der Waals surface area (Å²) >= 11 is 0. The molecule has 0 radical (unpaired) electrons. The van der Waals surface area contributed by atoms with Crippen LogP contribution in [0.1, 0.15) is 25.3 Å². The van der Waals surface area contributed by atoms with Gasteiger partial charge in [-0.1, -0.05) is 17.7 Å². The van der Waals surface area contributed by atoms with Gasteiger partial charge in [-0.15, -0.1) is 0 Å². The highest BCUT2D eigenvalue weighted by Gasteiger charge is 2.37. The minimum absolute atomic E-state index is 0.0564. The molecule has 0 N–H and O–H groups in total. The standard InChI is InChI=1S/C23H25N3O3/c1-3-29-21-11-9-19(10-12-21)25(14-4-13-24)23(28)18-15-22(27)26(16-18)20-7-5-17(2)6-8-20/h5-12,18H,3-4,14-16H2,1-2H3. The van der Waals surface area contributed by atoms with E-state index in [1.165, 1.54) is 0 Å². The predicted molar refractivity (Wildman–Crippen MR) is 112 cm³/mol. The maximum atomic E-state index is 13.2. The Kier molecular flexibility index (Phi) is 6.50. The summed E-state index contributed by atoms with van der Waals surface area (Å²) in [4.78, 5) is 29.1. The van der Waals surface area contributed by atoms with E-state index in [0.29, 0.717) is 25.4 Å². The second kappa shape index (κ2) is 9.24. The Balaban J connectivity index is 1.78. The summed E-state index contributed by atoms with van der Waals surface area (Å²) in [7, 11) is 0. The molecule has 29 heavy (non-hydrogen) atoms. The third-order valence-corrected chi connectivity index (χ3v) is 4.99. The van der Waals surface area contributed by atoms with Gasteiger partial charge in [-0.25, -0.2) is 0 Å². The van der Waals surface area contributed by atoms with Gasteiger partial charge in [0.25, 0.3) is 0 Å². The number of benzene rings is 2. The number of aryl methyl sites for hydroxylation is 1. The van der Waals surface area contributed by atoms with Gasteiger partial charge in [0.1, 0.15) is 5.75 Å². The first-order valence-electron chi connectivity index (χ1n) is 9.81. The SMILES string of the molecule is CCOc1ccc(N(CCC#N)C(=O)C2CC(=O)N(c3ccc(C)cc3)C2)cc1. The summed E-state index contributed by atoms with van der Waals surface area (Å²) in [6, 6.07) is 17.1. The summed E-state index contributed by atoms with van der Waals surface area (Å²) < 4.78 is 5.46. The quantitative estimate of drug-likeness (QED) is 0.721. The summed E-state index contributed by atoms with van der Waals surface area (Å²) in [6.45, 7) is 5.11. The van der Waals surface area contributed by atoms with E-state index >= 15 is 0 Å². The van der Waals surface area contributed by atoms with E-state index in [1.807, 2.05) is 62.4 Å². The zero-order valence-electron chi connectivity index (χ0n) is 16.8. The van der Waals surface area contributed by atoms with Crippen molar-refractivity contribution in [2.24, 2.45) is 5.92 Å². The van der Waals surface area contributed by atoms with Crippen molar-refractivity contribution in [3.8, 4) is 11.8 Å². The van der Waals surface area contributed by atoms with Crippen LogP contribution in [0.4, 0.5) is 11.4 Å². The van der Waals surface area contributed by atoms with Crippen molar-refractivity contribution < 1.29 is 14.3 Å². The Labute approximate surface area is 171 Å². The fraction of sp³-hybridized carbons (Fsp3) is 0.348. The van der Waals surface area contributed by atoms with Crippen LogP contribution >= 0.6 is 0 Å². The molecule has 3 rings (SSSR count). The molecule has 1 fully saturated rings. The van der Waals surface area contributed by atoms with E-state index in [-0.39, 0.29) is 24.7 Å². The van der Waals surface area contributed by atoms with Crippen molar-refractivity contribution in [1.29, 1.82) is 5.26 Å². The van der Waals surface area contributed by atoms with Crippen LogP contribution in [0.5, 0.6) is 5.75 Å². The normalized spacial score (nSPS) is 15.8. The number of anilines is 2. The maximum absolute atomic E-state index is 13.2. The largest absolute Gasteiger partial charge is 0.494 e. The first-order chi connectivity index (χ1) is 14.0. The average Bonchev–Trinajstić information content (AvgIpc) is 3.12. The van der Waals surface area contributed by atoms with Gasteiger partial charge in [0.05, 0.1) is 25.0 Å². The number of ether oxygens (including phenoxy) is 1. The molecule has 0 aromatic heterocycles. The molecule has 1 aliphatic rings. The van der Waals surface area contributed by atoms with E-state index in [1.54, 1.807) is 9.80 Å². The van der Waals surface area contributed by atoms with Gasteiger partial charge in [0, 0.05) is 30.9 Å². The second-order valence-corrected chi connectivity index (χ2v) is 7.07. The molecule has 2 amide bonds. The van der Waals surface area contributed by atoms with E-state index in [2.05, 4.69) is 6.07 Å². The van der Waals surface area contributed by atoms with E-state index in [0.717, 1.165) is 17.0 Å². The maximum Gasteiger partial charge on any atom is 0.232 e. The smallest absolute Gasteiger partial charge is 0.232 e. The van der Waals surface area contributed by atoms with Crippen LogP contribution in [-0.2, 0) is 9.59 Å². The Morgan fingerprint density at radius 2 is 1.90 bits per heavy atom. The van der Waals surface area contributed by atoms with Crippen LogP contribution in [0.2, 0.25) is 0 Å². The molecule has 0 bridgehead atoms. The summed E-state index contributed by atoms with van der Waals surface area (Å²) in [6.07, 6.45) is 0.397. The van der Waals surface area contributed by atoms with Crippen LogP contribution in [0, 0.1) is 24.2 Å². The molecule has 0 saturated carbocycles. The summed E-state index contributed by atoms with van der Waals surface area (Å²) in [5.41, 5.74) is 2.63.